The predicted octanol–water partition coefficient (Wildman–Crippen LogP) is 4.60. The molecule has 0 aromatic heterocycles. The van der Waals surface area contributed by atoms with Crippen molar-refractivity contribution < 1.29 is 4.79 Å². The molecule has 0 radical (unpaired) electrons. The SMILES string of the molecule is CC(C)CN(CC(C)C)C(=O)Nc1cccc(Br)c1. The maximum absolute atomic E-state index is 12.3. The fourth-order valence-electron chi connectivity index (χ4n) is 1.89. The first-order valence-electron chi connectivity index (χ1n) is 6.70. The molecule has 1 aromatic rings. The lowest BCUT2D eigenvalue weighted by Crippen LogP contribution is -2.39. The zero-order valence-corrected chi connectivity index (χ0v) is 13.7. The Hall–Kier alpha value is -1.03. The Morgan fingerprint density at radius 2 is 1.79 bits per heavy atom. The summed E-state index contributed by atoms with van der Waals surface area (Å²) >= 11 is 3.40. The molecule has 0 fully saturated rings. The number of nitrogens with one attached hydrogen (secondary N) is 1. The Morgan fingerprint density at radius 1 is 1.21 bits per heavy atom. The van der Waals surface area contributed by atoms with Gasteiger partial charge in [0.25, 0.3) is 0 Å². The third kappa shape index (κ3) is 6.10. The first-order chi connectivity index (χ1) is 8.88. The van der Waals surface area contributed by atoms with E-state index in [4.69, 9.17) is 0 Å². The van der Waals surface area contributed by atoms with Crippen LogP contribution in [-0.2, 0) is 0 Å². The smallest absolute Gasteiger partial charge is 0.321 e. The molecule has 0 aliphatic rings. The summed E-state index contributed by atoms with van der Waals surface area (Å²) in [4.78, 5) is 14.2. The van der Waals surface area contributed by atoms with Gasteiger partial charge in [0.15, 0.2) is 0 Å². The lowest BCUT2D eigenvalue weighted by molar-refractivity contribution is 0.196. The number of amides is 2. The number of anilines is 1. The summed E-state index contributed by atoms with van der Waals surface area (Å²) in [6.07, 6.45) is 0. The minimum atomic E-state index is -0.0273. The molecule has 0 unspecified atom stereocenters. The maximum Gasteiger partial charge on any atom is 0.321 e. The second-order valence-electron chi connectivity index (χ2n) is 5.63. The van der Waals surface area contributed by atoms with E-state index < -0.39 is 0 Å². The number of benzene rings is 1. The first kappa shape index (κ1) is 16.0. The van der Waals surface area contributed by atoms with Gasteiger partial charge >= 0.3 is 6.03 Å². The molecular weight excluding hydrogens is 304 g/mol. The zero-order valence-electron chi connectivity index (χ0n) is 12.1. The van der Waals surface area contributed by atoms with Gasteiger partial charge in [0, 0.05) is 23.2 Å². The molecule has 0 atom stereocenters. The molecule has 0 saturated heterocycles. The second-order valence-corrected chi connectivity index (χ2v) is 6.55. The van der Waals surface area contributed by atoms with Crippen LogP contribution in [0.4, 0.5) is 10.5 Å². The molecule has 1 aromatic carbocycles. The van der Waals surface area contributed by atoms with Crippen molar-refractivity contribution in [3.63, 3.8) is 0 Å². The van der Waals surface area contributed by atoms with Crippen molar-refractivity contribution in [2.75, 3.05) is 18.4 Å². The van der Waals surface area contributed by atoms with Crippen LogP contribution in [0.2, 0.25) is 0 Å². The van der Waals surface area contributed by atoms with Crippen LogP contribution in [0.3, 0.4) is 0 Å². The van der Waals surface area contributed by atoms with E-state index in [9.17, 15) is 4.79 Å². The van der Waals surface area contributed by atoms with Crippen molar-refractivity contribution in [2.24, 2.45) is 11.8 Å². The molecule has 2 amide bonds. The lowest BCUT2D eigenvalue weighted by Gasteiger charge is -2.26. The van der Waals surface area contributed by atoms with E-state index >= 15 is 0 Å². The number of carbonyl (C=O) groups is 1. The molecule has 0 aliphatic carbocycles. The van der Waals surface area contributed by atoms with Gasteiger partial charge in [0.2, 0.25) is 0 Å². The van der Waals surface area contributed by atoms with Gasteiger partial charge in [-0.25, -0.2) is 4.79 Å². The Bertz CT molecular complexity index is 408. The minimum Gasteiger partial charge on any atom is -0.324 e. The van der Waals surface area contributed by atoms with Crippen LogP contribution >= 0.6 is 15.9 Å². The van der Waals surface area contributed by atoms with Gasteiger partial charge in [0.05, 0.1) is 0 Å². The first-order valence-corrected chi connectivity index (χ1v) is 7.49. The van der Waals surface area contributed by atoms with Crippen molar-refractivity contribution in [3.05, 3.63) is 28.7 Å². The highest BCUT2D eigenvalue weighted by Crippen LogP contribution is 2.16. The lowest BCUT2D eigenvalue weighted by atomic mass is 10.1. The predicted molar refractivity (Wildman–Crippen MR) is 84.4 cm³/mol. The molecule has 0 spiro atoms. The number of hydrogen-bond donors (Lipinski definition) is 1. The number of carbonyl (C=O) groups excluding carboxylic acids is 1. The second kappa shape index (κ2) is 7.53. The summed E-state index contributed by atoms with van der Waals surface area (Å²) in [5.41, 5.74) is 0.817. The standard InChI is InChI=1S/C15H23BrN2O/c1-11(2)9-18(10-12(3)4)15(19)17-14-7-5-6-13(16)8-14/h5-8,11-12H,9-10H2,1-4H3,(H,17,19). The largest absolute Gasteiger partial charge is 0.324 e. The molecule has 1 N–H and O–H groups in total. The van der Waals surface area contributed by atoms with E-state index in [-0.39, 0.29) is 6.03 Å². The number of rotatable bonds is 5. The Morgan fingerprint density at radius 3 is 2.26 bits per heavy atom. The van der Waals surface area contributed by atoms with Crippen LogP contribution in [0.25, 0.3) is 0 Å². The van der Waals surface area contributed by atoms with E-state index in [0.717, 1.165) is 23.2 Å². The highest BCUT2D eigenvalue weighted by molar-refractivity contribution is 9.10. The number of halogens is 1. The van der Waals surface area contributed by atoms with Crippen LogP contribution in [0.5, 0.6) is 0 Å². The highest BCUT2D eigenvalue weighted by atomic mass is 79.9. The van der Waals surface area contributed by atoms with Crippen molar-refractivity contribution in [1.29, 1.82) is 0 Å². The molecule has 19 heavy (non-hydrogen) atoms. The quantitative estimate of drug-likeness (QED) is 0.842. The molecular formula is C15H23BrN2O. The molecule has 0 saturated carbocycles. The third-order valence-corrected chi connectivity index (χ3v) is 3.03. The summed E-state index contributed by atoms with van der Waals surface area (Å²) in [6, 6.07) is 7.62. The van der Waals surface area contributed by atoms with Crippen LogP contribution in [0.1, 0.15) is 27.7 Å². The summed E-state index contributed by atoms with van der Waals surface area (Å²) < 4.78 is 0.963. The number of urea groups is 1. The van der Waals surface area contributed by atoms with Gasteiger partial charge in [-0.2, -0.15) is 0 Å². The van der Waals surface area contributed by atoms with Crippen LogP contribution in [0, 0.1) is 11.8 Å². The van der Waals surface area contributed by atoms with Gasteiger partial charge in [-0.15, -0.1) is 0 Å². The normalized spacial score (nSPS) is 10.9. The fourth-order valence-corrected chi connectivity index (χ4v) is 2.29. The van der Waals surface area contributed by atoms with E-state index in [1.807, 2.05) is 29.2 Å². The van der Waals surface area contributed by atoms with E-state index in [1.54, 1.807) is 0 Å². The van der Waals surface area contributed by atoms with Crippen LogP contribution < -0.4 is 5.32 Å². The van der Waals surface area contributed by atoms with Crippen molar-refractivity contribution in [3.8, 4) is 0 Å². The Kier molecular flexibility index (Phi) is 6.35. The average molecular weight is 327 g/mol. The Labute approximate surface area is 124 Å². The monoisotopic (exact) mass is 326 g/mol. The molecule has 0 aliphatic heterocycles. The minimum absolute atomic E-state index is 0.0273. The van der Waals surface area contributed by atoms with Crippen molar-refractivity contribution >= 4 is 27.6 Å². The van der Waals surface area contributed by atoms with E-state index in [1.165, 1.54) is 0 Å². The molecule has 0 bridgehead atoms. The summed E-state index contributed by atoms with van der Waals surface area (Å²) in [5.74, 6) is 0.930. The molecule has 0 heterocycles. The summed E-state index contributed by atoms with van der Waals surface area (Å²) in [6.45, 7) is 10.1. The van der Waals surface area contributed by atoms with Gasteiger partial charge in [0.1, 0.15) is 0 Å². The van der Waals surface area contributed by atoms with Crippen LogP contribution in [-0.4, -0.2) is 24.0 Å². The molecule has 4 heteroatoms. The summed E-state index contributed by atoms with van der Waals surface area (Å²) in [7, 11) is 0. The highest BCUT2D eigenvalue weighted by Gasteiger charge is 2.16. The molecule has 3 nitrogen and oxygen atoms in total. The molecule has 1 rings (SSSR count). The molecule has 106 valence electrons. The van der Waals surface area contributed by atoms with E-state index in [2.05, 4.69) is 48.9 Å². The Balaban J connectivity index is 2.70. The number of nitrogens with zero attached hydrogens (tertiary/aromatic N) is 1. The van der Waals surface area contributed by atoms with Crippen molar-refractivity contribution in [2.45, 2.75) is 27.7 Å². The fraction of sp³-hybridized carbons (Fsp3) is 0.533. The van der Waals surface area contributed by atoms with E-state index in [0.29, 0.717) is 11.8 Å². The topological polar surface area (TPSA) is 32.3 Å². The van der Waals surface area contributed by atoms with Gasteiger partial charge < -0.3 is 10.2 Å². The summed E-state index contributed by atoms with van der Waals surface area (Å²) in [5, 5.41) is 2.95. The van der Waals surface area contributed by atoms with Gasteiger partial charge in [-0.05, 0) is 30.0 Å². The number of hydrogen-bond acceptors (Lipinski definition) is 1. The zero-order chi connectivity index (χ0) is 14.4. The van der Waals surface area contributed by atoms with Gasteiger partial charge in [-0.1, -0.05) is 49.7 Å². The maximum atomic E-state index is 12.3. The van der Waals surface area contributed by atoms with Gasteiger partial charge in [-0.3, -0.25) is 0 Å². The third-order valence-electron chi connectivity index (χ3n) is 2.53. The van der Waals surface area contributed by atoms with Crippen molar-refractivity contribution in [1.82, 2.24) is 4.90 Å². The average Bonchev–Trinajstić information content (AvgIpc) is 2.26. The van der Waals surface area contributed by atoms with Crippen LogP contribution in [0.15, 0.2) is 28.7 Å².